The van der Waals surface area contributed by atoms with Crippen LogP contribution in [0.1, 0.15) is 29.6 Å². The Morgan fingerprint density at radius 3 is 2.95 bits per heavy atom. The van der Waals surface area contributed by atoms with E-state index in [0.717, 1.165) is 19.1 Å². The molecule has 1 aliphatic carbocycles. The molecule has 1 amide bonds. The second kappa shape index (κ2) is 5.51. The molecule has 1 aliphatic heterocycles. The molecule has 3 nitrogen and oxygen atoms in total. The summed E-state index contributed by atoms with van der Waals surface area (Å²) in [5.74, 6) is 0.580. The van der Waals surface area contributed by atoms with Crippen molar-refractivity contribution in [3.8, 4) is 0 Å². The number of carbonyl (C=O) groups excluding carboxylic acids is 1. The Morgan fingerprint density at radius 2 is 2.21 bits per heavy atom. The highest BCUT2D eigenvalue weighted by Gasteiger charge is 2.34. The molecule has 1 atom stereocenters. The number of nitrogens with one attached hydrogen (secondary N) is 1. The van der Waals surface area contributed by atoms with E-state index in [9.17, 15) is 4.79 Å². The van der Waals surface area contributed by atoms with Crippen LogP contribution in [0.4, 0.5) is 0 Å². The highest BCUT2D eigenvalue weighted by atomic mass is 35.5. The highest BCUT2D eigenvalue weighted by Crippen LogP contribution is 2.31. The molecular formula is C15H19ClN2O. The Bertz CT molecular complexity index is 473. The molecule has 0 spiro atoms. The Hall–Kier alpha value is -1.06. The molecule has 1 aromatic rings. The first kappa shape index (κ1) is 12.9. The predicted molar refractivity (Wildman–Crippen MR) is 76.5 cm³/mol. The van der Waals surface area contributed by atoms with E-state index in [-0.39, 0.29) is 5.91 Å². The molecule has 1 saturated heterocycles. The molecule has 1 aromatic carbocycles. The molecular weight excluding hydrogens is 260 g/mol. The molecule has 2 fully saturated rings. The number of amides is 1. The number of carbonyl (C=O) groups is 1. The summed E-state index contributed by atoms with van der Waals surface area (Å²) in [4.78, 5) is 14.6. The molecule has 4 heteroatoms. The van der Waals surface area contributed by atoms with Crippen LogP contribution in [-0.4, -0.2) is 36.5 Å². The molecule has 1 N–H and O–H groups in total. The van der Waals surface area contributed by atoms with Gasteiger partial charge >= 0.3 is 0 Å². The van der Waals surface area contributed by atoms with Gasteiger partial charge < -0.3 is 10.2 Å². The minimum atomic E-state index is -0.0210. The average Bonchev–Trinajstić information content (AvgIpc) is 3.15. The molecule has 102 valence electrons. The number of hydrogen-bond donors (Lipinski definition) is 1. The molecule has 1 heterocycles. The fourth-order valence-corrected chi connectivity index (χ4v) is 2.96. The Kier molecular flexibility index (Phi) is 3.76. The van der Waals surface area contributed by atoms with Gasteiger partial charge in [-0.2, -0.15) is 0 Å². The summed E-state index contributed by atoms with van der Waals surface area (Å²) in [6.45, 7) is 3.11. The molecule has 3 rings (SSSR count). The van der Waals surface area contributed by atoms with Crippen molar-refractivity contribution in [2.45, 2.75) is 25.3 Å². The third kappa shape index (κ3) is 3.28. The smallest absolute Gasteiger partial charge is 0.251 e. The van der Waals surface area contributed by atoms with E-state index in [4.69, 9.17) is 11.6 Å². The zero-order valence-corrected chi connectivity index (χ0v) is 11.7. The van der Waals surface area contributed by atoms with E-state index in [2.05, 4.69) is 10.2 Å². The van der Waals surface area contributed by atoms with Gasteiger partial charge in [-0.05, 0) is 49.9 Å². The van der Waals surface area contributed by atoms with Crippen molar-refractivity contribution >= 4 is 17.5 Å². The van der Waals surface area contributed by atoms with Crippen LogP contribution in [0.5, 0.6) is 0 Å². The lowest BCUT2D eigenvalue weighted by molar-refractivity contribution is 0.0947. The van der Waals surface area contributed by atoms with Gasteiger partial charge in [-0.3, -0.25) is 4.79 Å². The third-order valence-corrected chi connectivity index (χ3v) is 4.25. The summed E-state index contributed by atoms with van der Waals surface area (Å²) in [7, 11) is 0. The first-order chi connectivity index (χ1) is 9.22. The van der Waals surface area contributed by atoms with Crippen molar-refractivity contribution in [2.75, 3.05) is 19.6 Å². The summed E-state index contributed by atoms with van der Waals surface area (Å²) in [6.07, 6.45) is 3.93. The lowest BCUT2D eigenvalue weighted by Gasteiger charge is -2.15. The fraction of sp³-hybridized carbons (Fsp3) is 0.533. The number of hydrogen-bond acceptors (Lipinski definition) is 2. The van der Waals surface area contributed by atoms with E-state index >= 15 is 0 Å². The van der Waals surface area contributed by atoms with Gasteiger partial charge in [0, 0.05) is 29.7 Å². The maximum atomic E-state index is 12.0. The van der Waals surface area contributed by atoms with Crippen LogP contribution >= 0.6 is 11.6 Å². The monoisotopic (exact) mass is 278 g/mol. The van der Waals surface area contributed by atoms with Gasteiger partial charge in [0.15, 0.2) is 0 Å². The zero-order valence-electron chi connectivity index (χ0n) is 10.9. The van der Waals surface area contributed by atoms with Crippen LogP contribution in [0.2, 0.25) is 5.02 Å². The van der Waals surface area contributed by atoms with Crippen LogP contribution in [0, 0.1) is 5.92 Å². The first-order valence-corrected chi connectivity index (χ1v) is 7.38. The van der Waals surface area contributed by atoms with Gasteiger partial charge in [-0.25, -0.2) is 0 Å². The summed E-state index contributed by atoms with van der Waals surface area (Å²) < 4.78 is 0. The second-order valence-corrected chi connectivity index (χ2v) is 6.04. The fourth-order valence-electron chi connectivity index (χ4n) is 2.77. The first-order valence-electron chi connectivity index (χ1n) is 7.00. The van der Waals surface area contributed by atoms with Gasteiger partial charge in [-0.1, -0.05) is 17.7 Å². The van der Waals surface area contributed by atoms with Crippen molar-refractivity contribution in [1.29, 1.82) is 0 Å². The summed E-state index contributed by atoms with van der Waals surface area (Å²) >= 11 is 5.89. The van der Waals surface area contributed by atoms with E-state index < -0.39 is 0 Å². The van der Waals surface area contributed by atoms with Crippen molar-refractivity contribution < 1.29 is 4.79 Å². The molecule has 0 aromatic heterocycles. The second-order valence-electron chi connectivity index (χ2n) is 5.60. The van der Waals surface area contributed by atoms with Crippen LogP contribution in [0.3, 0.4) is 0 Å². The SMILES string of the molecule is O=C(NC[C@@H]1CCN(C2CC2)C1)c1cccc(Cl)c1. The number of rotatable bonds is 4. The topological polar surface area (TPSA) is 32.3 Å². The van der Waals surface area contributed by atoms with Crippen LogP contribution < -0.4 is 5.32 Å². The maximum absolute atomic E-state index is 12.0. The quantitative estimate of drug-likeness (QED) is 0.918. The predicted octanol–water partition coefficient (Wildman–Crippen LogP) is 2.55. The summed E-state index contributed by atoms with van der Waals surface area (Å²) in [5, 5.41) is 3.63. The van der Waals surface area contributed by atoms with Crippen molar-refractivity contribution in [2.24, 2.45) is 5.92 Å². The van der Waals surface area contributed by atoms with Crippen molar-refractivity contribution in [3.63, 3.8) is 0 Å². The molecule has 0 unspecified atom stereocenters. The number of likely N-dealkylation sites (tertiary alicyclic amines) is 1. The van der Waals surface area contributed by atoms with Gasteiger partial charge in [0.05, 0.1) is 0 Å². The van der Waals surface area contributed by atoms with Crippen LogP contribution in [0.15, 0.2) is 24.3 Å². The maximum Gasteiger partial charge on any atom is 0.251 e. The van der Waals surface area contributed by atoms with Gasteiger partial charge in [0.1, 0.15) is 0 Å². The van der Waals surface area contributed by atoms with E-state index in [1.165, 1.54) is 25.8 Å². The Balaban J connectivity index is 1.48. The van der Waals surface area contributed by atoms with E-state index in [1.807, 2.05) is 6.07 Å². The lowest BCUT2D eigenvalue weighted by Crippen LogP contribution is -2.31. The molecule has 19 heavy (non-hydrogen) atoms. The van der Waals surface area contributed by atoms with E-state index in [1.54, 1.807) is 18.2 Å². The molecule has 2 aliphatic rings. The van der Waals surface area contributed by atoms with Crippen LogP contribution in [-0.2, 0) is 0 Å². The largest absolute Gasteiger partial charge is 0.352 e. The number of benzene rings is 1. The third-order valence-electron chi connectivity index (χ3n) is 4.02. The summed E-state index contributed by atoms with van der Waals surface area (Å²) in [5.41, 5.74) is 0.643. The number of halogens is 1. The van der Waals surface area contributed by atoms with Crippen LogP contribution in [0.25, 0.3) is 0 Å². The standard InChI is InChI=1S/C15H19ClN2O/c16-13-3-1-2-12(8-13)15(19)17-9-11-6-7-18(10-11)14-4-5-14/h1-3,8,11,14H,4-7,9-10H2,(H,17,19)/t11-/m0/s1. The van der Waals surface area contributed by atoms with Gasteiger partial charge in [0.2, 0.25) is 0 Å². The lowest BCUT2D eigenvalue weighted by atomic mass is 10.1. The average molecular weight is 279 g/mol. The van der Waals surface area contributed by atoms with Crippen molar-refractivity contribution in [3.05, 3.63) is 34.9 Å². The van der Waals surface area contributed by atoms with E-state index in [0.29, 0.717) is 16.5 Å². The normalized spacial score (nSPS) is 23.5. The van der Waals surface area contributed by atoms with Gasteiger partial charge in [0.25, 0.3) is 5.91 Å². The highest BCUT2D eigenvalue weighted by molar-refractivity contribution is 6.30. The minimum absolute atomic E-state index is 0.0210. The Labute approximate surface area is 118 Å². The zero-order chi connectivity index (χ0) is 13.2. The molecule has 0 bridgehead atoms. The van der Waals surface area contributed by atoms with Gasteiger partial charge in [-0.15, -0.1) is 0 Å². The summed E-state index contributed by atoms with van der Waals surface area (Å²) in [6, 6.07) is 7.94. The van der Waals surface area contributed by atoms with Crippen molar-refractivity contribution in [1.82, 2.24) is 10.2 Å². The molecule has 1 saturated carbocycles. The molecule has 0 radical (unpaired) electrons. The minimum Gasteiger partial charge on any atom is -0.352 e. The Morgan fingerprint density at radius 1 is 1.37 bits per heavy atom. The number of nitrogens with zero attached hydrogens (tertiary/aromatic N) is 1.